The van der Waals surface area contributed by atoms with Crippen LogP contribution in [0.3, 0.4) is 0 Å². The highest BCUT2D eigenvalue weighted by Gasteiger charge is 2.60. The number of fused-ring (bicyclic) bond motifs is 4. The predicted octanol–water partition coefficient (Wildman–Crippen LogP) is 2.96. The fourth-order valence-corrected chi connectivity index (χ4v) is 5.21. The van der Waals surface area contributed by atoms with E-state index < -0.39 is 5.54 Å². The molecule has 0 saturated heterocycles. The van der Waals surface area contributed by atoms with Gasteiger partial charge >= 0.3 is 0 Å². The van der Waals surface area contributed by atoms with Crippen LogP contribution in [0, 0.1) is 5.92 Å². The standard InChI is InChI=1S/C22H23ClN4O3/c1-27-20(28)22(26-21(27)24)16-5-4-15(29-2)9-19(16)30-18-6-3-12(8-17(18)22)13-7-14(23)11-25-10-13/h3,6-8,10-11,15-16,19H,4-5,9H2,1-2H3,(H2,24,26)/t15?,16?,19?,22-/m1/s1. The van der Waals surface area contributed by atoms with Gasteiger partial charge in [0, 0.05) is 50.0 Å². The predicted molar refractivity (Wildman–Crippen MR) is 113 cm³/mol. The highest BCUT2D eigenvalue weighted by Crippen LogP contribution is 2.54. The van der Waals surface area contributed by atoms with Gasteiger partial charge in [-0.15, -0.1) is 0 Å². The Kier molecular flexibility index (Phi) is 4.48. The van der Waals surface area contributed by atoms with Crippen LogP contribution in [0.5, 0.6) is 5.75 Å². The van der Waals surface area contributed by atoms with E-state index in [-0.39, 0.29) is 30.0 Å². The molecule has 3 heterocycles. The van der Waals surface area contributed by atoms with E-state index in [1.54, 1.807) is 26.6 Å². The normalized spacial score (nSPS) is 30.0. The van der Waals surface area contributed by atoms with Gasteiger partial charge in [-0.1, -0.05) is 17.7 Å². The van der Waals surface area contributed by atoms with Gasteiger partial charge in [-0.05, 0) is 36.6 Å². The molecular weight excluding hydrogens is 404 g/mol. The van der Waals surface area contributed by atoms with Crippen molar-refractivity contribution in [3.8, 4) is 16.9 Å². The molecule has 1 aliphatic carbocycles. The molecule has 1 spiro atoms. The number of rotatable bonds is 2. The number of methoxy groups -OCH3 is 1. The zero-order chi connectivity index (χ0) is 21.0. The molecule has 0 radical (unpaired) electrons. The summed E-state index contributed by atoms with van der Waals surface area (Å²) in [6.07, 6.45) is 5.61. The summed E-state index contributed by atoms with van der Waals surface area (Å²) >= 11 is 6.14. The molecule has 1 saturated carbocycles. The third-order valence-corrected chi connectivity index (χ3v) is 6.79. The van der Waals surface area contributed by atoms with E-state index >= 15 is 0 Å². The lowest BCUT2D eigenvalue weighted by molar-refractivity contribution is -0.138. The third kappa shape index (κ3) is 2.72. The van der Waals surface area contributed by atoms with Gasteiger partial charge in [-0.3, -0.25) is 14.7 Å². The lowest BCUT2D eigenvalue weighted by Crippen LogP contribution is -2.55. The van der Waals surface area contributed by atoms with E-state index in [0.717, 1.165) is 36.0 Å². The van der Waals surface area contributed by atoms with Crippen molar-refractivity contribution < 1.29 is 14.3 Å². The molecule has 1 fully saturated rings. The van der Waals surface area contributed by atoms with E-state index in [1.165, 1.54) is 4.90 Å². The molecule has 2 aliphatic heterocycles. The van der Waals surface area contributed by atoms with Gasteiger partial charge in [0.2, 0.25) is 0 Å². The SMILES string of the molecule is COC1CCC2C(C1)Oc1ccc(-c3cncc(Cl)c3)cc1[C@]21N=C(N)N(C)C1=O. The number of carbonyl (C=O) groups is 1. The Morgan fingerprint density at radius 1 is 1.27 bits per heavy atom. The lowest BCUT2D eigenvalue weighted by atomic mass is 9.66. The summed E-state index contributed by atoms with van der Waals surface area (Å²) in [5, 5.41) is 0.549. The zero-order valence-corrected chi connectivity index (χ0v) is 17.6. The van der Waals surface area contributed by atoms with Crippen molar-refractivity contribution in [3.63, 3.8) is 0 Å². The largest absolute Gasteiger partial charge is 0.490 e. The summed E-state index contributed by atoms with van der Waals surface area (Å²) in [6.45, 7) is 0. The number of guanidine groups is 1. The van der Waals surface area contributed by atoms with E-state index in [1.807, 2.05) is 24.3 Å². The van der Waals surface area contributed by atoms with Crippen LogP contribution in [0.25, 0.3) is 11.1 Å². The number of amides is 1. The zero-order valence-electron chi connectivity index (χ0n) is 16.8. The molecule has 2 aromatic rings. The summed E-state index contributed by atoms with van der Waals surface area (Å²) in [4.78, 5) is 24.0. The number of aromatic nitrogens is 1. The Morgan fingerprint density at radius 2 is 2.10 bits per heavy atom. The smallest absolute Gasteiger partial charge is 0.262 e. The van der Waals surface area contributed by atoms with Crippen LogP contribution >= 0.6 is 11.6 Å². The maximum absolute atomic E-state index is 13.6. The van der Waals surface area contributed by atoms with Crippen molar-refractivity contribution in [1.29, 1.82) is 0 Å². The number of carbonyl (C=O) groups excluding carboxylic acids is 1. The minimum atomic E-state index is -1.09. The van der Waals surface area contributed by atoms with Crippen LogP contribution < -0.4 is 10.5 Å². The Hall–Kier alpha value is -2.64. The molecule has 3 unspecified atom stereocenters. The number of likely N-dealkylation sites (N-methyl/N-ethyl adjacent to an activating group) is 1. The summed E-state index contributed by atoms with van der Waals surface area (Å²) < 4.78 is 12.0. The van der Waals surface area contributed by atoms with Crippen molar-refractivity contribution in [3.05, 3.63) is 47.2 Å². The lowest BCUT2D eigenvalue weighted by Gasteiger charge is -2.47. The van der Waals surface area contributed by atoms with Crippen molar-refractivity contribution >= 4 is 23.5 Å². The number of aliphatic imine (C=N–C) groups is 1. The minimum Gasteiger partial charge on any atom is -0.490 e. The topological polar surface area (TPSA) is 90.0 Å². The first-order valence-electron chi connectivity index (χ1n) is 10.0. The Labute approximate surface area is 179 Å². The van der Waals surface area contributed by atoms with Crippen molar-refractivity contribution in [2.75, 3.05) is 14.2 Å². The summed E-state index contributed by atoms with van der Waals surface area (Å²) in [5.74, 6) is 0.666. The maximum Gasteiger partial charge on any atom is 0.262 e. The Morgan fingerprint density at radius 3 is 2.80 bits per heavy atom. The van der Waals surface area contributed by atoms with E-state index in [4.69, 9.17) is 31.8 Å². The van der Waals surface area contributed by atoms with Crippen LogP contribution in [-0.2, 0) is 15.1 Å². The second-order valence-corrected chi connectivity index (χ2v) is 8.57. The number of hydrogen-bond donors (Lipinski definition) is 1. The van der Waals surface area contributed by atoms with Crippen LogP contribution in [0.15, 0.2) is 41.7 Å². The molecule has 0 bridgehead atoms. The molecule has 5 rings (SSSR count). The van der Waals surface area contributed by atoms with Crippen LogP contribution in [-0.4, -0.2) is 48.1 Å². The van der Waals surface area contributed by atoms with Crippen molar-refractivity contribution in [2.24, 2.45) is 16.6 Å². The summed E-state index contributed by atoms with van der Waals surface area (Å²) in [5.41, 5.74) is 7.55. The second kappa shape index (κ2) is 6.96. The molecule has 1 amide bonds. The van der Waals surface area contributed by atoms with Crippen LogP contribution in [0.4, 0.5) is 0 Å². The molecule has 3 aliphatic rings. The fraction of sp³-hybridized carbons (Fsp3) is 0.409. The first-order valence-corrected chi connectivity index (χ1v) is 10.4. The van der Waals surface area contributed by atoms with E-state index in [2.05, 4.69) is 4.98 Å². The third-order valence-electron chi connectivity index (χ3n) is 6.59. The number of halogens is 1. The molecule has 1 aromatic heterocycles. The molecule has 1 aromatic carbocycles. The number of ether oxygens (including phenoxy) is 2. The Balaban J connectivity index is 1.69. The van der Waals surface area contributed by atoms with Gasteiger partial charge in [-0.2, -0.15) is 0 Å². The number of nitrogens with two attached hydrogens (primary N) is 1. The minimum absolute atomic E-state index is 0.109. The number of benzene rings is 1. The molecule has 4 atom stereocenters. The fourth-order valence-electron chi connectivity index (χ4n) is 5.04. The molecule has 156 valence electrons. The number of pyridine rings is 1. The second-order valence-electron chi connectivity index (χ2n) is 8.14. The van der Waals surface area contributed by atoms with Crippen LogP contribution in [0.1, 0.15) is 24.8 Å². The van der Waals surface area contributed by atoms with Gasteiger partial charge in [0.05, 0.1) is 11.1 Å². The summed E-state index contributed by atoms with van der Waals surface area (Å²) in [7, 11) is 3.39. The molecule has 8 heteroatoms. The number of hydrogen-bond acceptors (Lipinski definition) is 6. The van der Waals surface area contributed by atoms with Gasteiger partial charge in [0.25, 0.3) is 5.91 Å². The van der Waals surface area contributed by atoms with E-state index in [9.17, 15) is 4.79 Å². The maximum atomic E-state index is 13.6. The molecular formula is C22H23ClN4O3. The van der Waals surface area contributed by atoms with Crippen molar-refractivity contribution in [1.82, 2.24) is 9.88 Å². The highest BCUT2D eigenvalue weighted by molar-refractivity contribution is 6.30. The van der Waals surface area contributed by atoms with E-state index in [0.29, 0.717) is 10.8 Å². The van der Waals surface area contributed by atoms with Gasteiger partial charge in [-0.25, -0.2) is 4.99 Å². The molecule has 7 nitrogen and oxygen atoms in total. The van der Waals surface area contributed by atoms with Gasteiger partial charge in [0.15, 0.2) is 11.5 Å². The van der Waals surface area contributed by atoms with Gasteiger partial charge in [0.1, 0.15) is 11.9 Å². The average Bonchev–Trinajstić information content (AvgIpc) is 2.98. The van der Waals surface area contributed by atoms with Crippen LogP contribution in [0.2, 0.25) is 5.02 Å². The average molecular weight is 427 g/mol. The first-order chi connectivity index (χ1) is 14.4. The molecule has 30 heavy (non-hydrogen) atoms. The first kappa shape index (κ1) is 19.3. The van der Waals surface area contributed by atoms with Gasteiger partial charge < -0.3 is 15.2 Å². The van der Waals surface area contributed by atoms with Crippen molar-refractivity contribution in [2.45, 2.75) is 37.0 Å². The molecule has 2 N–H and O–H groups in total. The highest BCUT2D eigenvalue weighted by atomic mass is 35.5. The quantitative estimate of drug-likeness (QED) is 0.797. The number of nitrogens with zero attached hydrogens (tertiary/aromatic N) is 3. The summed E-state index contributed by atoms with van der Waals surface area (Å²) in [6, 6.07) is 7.67. The Bertz CT molecular complexity index is 1060. The monoisotopic (exact) mass is 426 g/mol.